The first-order chi connectivity index (χ1) is 16.4. The third-order valence-electron chi connectivity index (χ3n) is 6.25. The second-order valence-corrected chi connectivity index (χ2v) is 9.04. The molecule has 4 aromatic rings. The van der Waals surface area contributed by atoms with Gasteiger partial charge in [0.05, 0.1) is 30.7 Å². The van der Waals surface area contributed by atoms with Crippen molar-refractivity contribution in [2.24, 2.45) is 0 Å². The minimum atomic E-state index is -1.07. The molecule has 11 heteroatoms. The van der Waals surface area contributed by atoms with Crippen molar-refractivity contribution in [2.75, 3.05) is 4.90 Å². The Bertz CT molecular complexity index is 1360. The van der Waals surface area contributed by atoms with Crippen LogP contribution in [0, 0.1) is 0 Å². The number of cyclic esters (lactones) is 1. The van der Waals surface area contributed by atoms with Gasteiger partial charge >= 0.3 is 6.09 Å². The molecular formula is C23H22N8O3. The van der Waals surface area contributed by atoms with Gasteiger partial charge in [0.15, 0.2) is 5.82 Å². The number of hydrogen-bond donors (Lipinski definition) is 1. The summed E-state index contributed by atoms with van der Waals surface area (Å²) in [5.41, 5.74) is 3.33. The smallest absolute Gasteiger partial charge is 0.415 e. The van der Waals surface area contributed by atoms with Crippen LogP contribution < -0.4 is 4.90 Å². The molecule has 0 unspecified atom stereocenters. The monoisotopic (exact) mass is 458 g/mol. The van der Waals surface area contributed by atoms with Gasteiger partial charge in [-0.25, -0.2) is 19.1 Å². The lowest BCUT2D eigenvalue weighted by molar-refractivity contribution is 0.0737. The molecule has 1 fully saturated rings. The van der Waals surface area contributed by atoms with Gasteiger partial charge in [0.25, 0.3) is 0 Å². The van der Waals surface area contributed by atoms with Crippen LogP contribution in [0.1, 0.15) is 25.1 Å². The zero-order valence-electron chi connectivity index (χ0n) is 18.6. The molecule has 1 N–H and O–H groups in total. The molecule has 1 aromatic carbocycles. The van der Waals surface area contributed by atoms with Crippen LogP contribution in [-0.4, -0.2) is 58.3 Å². The van der Waals surface area contributed by atoms with Crippen molar-refractivity contribution >= 4 is 11.8 Å². The number of anilines is 1. The van der Waals surface area contributed by atoms with Gasteiger partial charge < -0.3 is 9.84 Å². The third kappa shape index (κ3) is 3.41. The summed E-state index contributed by atoms with van der Waals surface area (Å²) in [6, 6.07) is 9.80. The highest BCUT2D eigenvalue weighted by Gasteiger charge is 2.47. The number of ether oxygens (including phenoxy) is 1. The Hall–Kier alpha value is -4.12. The van der Waals surface area contributed by atoms with E-state index in [0.717, 1.165) is 22.4 Å². The average molecular weight is 458 g/mol. The Morgan fingerprint density at radius 2 is 2.03 bits per heavy atom. The van der Waals surface area contributed by atoms with E-state index in [1.807, 2.05) is 24.3 Å². The zero-order valence-corrected chi connectivity index (χ0v) is 18.6. The molecule has 6 rings (SSSR count). The van der Waals surface area contributed by atoms with Crippen LogP contribution in [0.25, 0.3) is 16.9 Å². The fraction of sp³-hybridized carbons (Fsp3) is 0.304. The molecule has 0 aliphatic carbocycles. The summed E-state index contributed by atoms with van der Waals surface area (Å²) < 4.78 is 8.83. The largest absolute Gasteiger partial charge is 0.442 e. The molecule has 1 amide bonds. The molecule has 0 spiro atoms. The van der Waals surface area contributed by atoms with Crippen molar-refractivity contribution in [3.63, 3.8) is 0 Å². The molecule has 11 nitrogen and oxygen atoms in total. The second kappa shape index (κ2) is 7.45. The van der Waals surface area contributed by atoms with Crippen molar-refractivity contribution in [2.45, 2.75) is 44.6 Å². The van der Waals surface area contributed by atoms with E-state index in [1.165, 1.54) is 4.68 Å². The van der Waals surface area contributed by atoms with Gasteiger partial charge in [0.2, 0.25) is 0 Å². The third-order valence-corrected chi connectivity index (χ3v) is 6.25. The minimum absolute atomic E-state index is 0.0697. The average Bonchev–Trinajstić information content (AvgIpc) is 3.60. The summed E-state index contributed by atoms with van der Waals surface area (Å²) in [5, 5.41) is 26.0. The van der Waals surface area contributed by atoms with Gasteiger partial charge in [-0.15, -0.1) is 10.2 Å². The number of pyridine rings is 1. The lowest BCUT2D eigenvalue weighted by atomic mass is 10.0. The van der Waals surface area contributed by atoms with Gasteiger partial charge in [-0.2, -0.15) is 0 Å². The normalized spacial score (nSPS) is 19.3. The molecule has 0 saturated carbocycles. The predicted octanol–water partition coefficient (Wildman–Crippen LogP) is 2.10. The van der Waals surface area contributed by atoms with Crippen LogP contribution >= 0.6 is 0 Å². The molecule has 0 radical (unpaired) electrons. The molecule has 34 heavy (non-hydrogen) atoms. The first-order valence-electron chi connectivity index (χ1n) is 11.0. The van der Waals surface area contributed by atoms with Gasteiger partial charge in [0.1, 0.15) is 17.4 Å². The number of benzene rings is 1. The van der Waals surface area contributed by atoms with E-state index in [4.69, 9.17) is 4.74 Å². The number of aliphatic hydroxyl groups is 1. The van der Waals surface area contributed by atoms with Crippen LogP contribution in [0.4, 0.5) is 10.5 Å². The van der Waals surface area contributed by atoms with Crippen LogP contribution in [0.3, 0.4) is 0 Å². The van der Waals surface area contributed by atoms with Gasteiger partial charge in [-0.05, 0) is 55.7 Å². The quantitative estimate of drug-likeness (QED) is 0.482. The lowest BCUT2D eigenvalue weighted by Gasteiger charge is -2.16. The first kappa shape index (κ1) is 20.5. The highest BCUT2D eigenvalue weighted by Crippen LogP contribution is 2.40. The van der Waals surface area contributed by atoms with Crippen LogP contribution in [0.5, 0.6) is 0 Å². The van der Waals surface area contributed by atoms with Crippen molar-refractivity contribution < 1.29 is 14.6 Å². The zero-order chi connectivity index (χ0) is 23.4. The van der Waals surface area contributed by atoms with Gasteiger partial charge in [-0.3, -0.25) is 4.90 Å². The summed E-state index contributed by atoms with van der Waals surface area (Å²) in [4.78, 5) is 18.8. The molecule has 2 atom stereocenters. The number of aromatic nitrogens is 7. The maximum atomic E-state index is 12.6. The molecule has 3 aromatic heterocycles. The fourth-order valence-corrected chi connectivity index (χ4v) is 4.48. The van der Waals surface area contributed by atoms with Crippen molar-refractivity contribution in [3.05, 3.63) is 66.4 Å². The number of rotatable bonds is 5. The van der Waals surface area contributed by atoms with E-state index >= 15 is 0 Å². The minimum Gasteiger partial charge on any atom is -0.442 e. The van der Waals surface area contributed by atoms with E-state index in [0.29, 0.717) is 24.5 Å². The summed E-state index contributed by atoms with van der Waals surface area (Å²) in [5.74, 6) is 0.604. The van der Waals surface area contributed by atoms with E-state index < -0.39 is 5.60 Å². The Labute approximate surface area is 194 Å². The van der Waals surface area contributed by atoms with Crippen LogP contribution in [0.15, 0.2) is 55.1 Å². The molecule has 1 saturated heterocycles. The molecule has 0 bridgehead atoms. The highest BCUT2D eigenvalue weighted by molar-refractivity contribution is 5.94. The summed E-state index contributed by atoms with van der Waals surface area (Å²) in [6.07, 6.45) is 6.91. The summed E-state index contributed by atoms with van der Waals surface area (Å²) >= 11 is 0. The first-order valence-corrected chi connectivity index (χ1v) is 11.0. The standard InChI is InChI=1S/C23H22N8O3/c1-23(2,33)20-13-30(28-26-20)21-6-4-15(11-24-21)14-3-5-17-16(9-14)10-18-19(34-22(32)31(17)18)12-29-8-7-25-27-29/h3-9,11,13,18-19,33H,10,12H2,1-2H3/t18-,19-/m0/s1. The number of hydrogen-bond acceptors (Lipinski definition) is 8. The van der Waals surface area contributed by atoms with E-state index in [-0.39, 0.29) is 18.2 Å². The van der Waals surface area contributed by atoms with Crippen molar-refractivity contribution in [1.82, 2.24) is 35.0 Å². The SMILES string of the molecule is CC(C)(O)c1cn(-c2ccc(-c3ccc4c(c3)C[C@H]3[C@H](Cn5ccnn5)OC(=O)N43)cn2)nn1. The maximum absolute atomic E-state index is 12.6. The Morgan fingerprint density at radius 1 is 1.18 bits per heavy atom. The number of carbonyl (C=O) groups is 1. The number of fused-ring (bicyclic) bond motifs is 3. The van der Waals surface area contributed by atoms with E-state index in [9.17, 15) is 9.90 Å². The number of carbonyl (C=O) groups excluding carboxylic acids is 1. The summed E-state index contributed by atoms with van der Waals surface area (Å²) in [7, 11) is 0. The van der Waals surface area contributed by atoms with Crippen molar-refractivity contribution in [3.8, 4) is 16.9 Å². The van der Waals surface area contributed by atoms with E-state index in [2.05, 4.69) is 31.7 Å². The second-order valence-electron chi connectivity index (χ2n) is 9.04. The lowest BCUT2D eigenvalue weighted by Crippen LogP contribution is -2.35. The fourth-order valence-electron chi connectivity index (χ4n) is 4.48. The van der Waals surface area contributed by atoms with E-state index in [1.54, 1.807) is 48.2 Å². The maximum Gasteiger partial charge on any atom is 0.415 e. The predicted molar refractivity (Wildman–Crippen MR) is 120 cm³/mol. The highest BCUT2D eigenvalue weighted by atomic mass is 16.6. The van der Waals surface area contributed by atoms with Crippen LogP contribution in [0.2, 0.25) is 0 Å². The molecule has 2 aliphatic heterocycles. The Kier molecular flexibility index (Phi) is 4.49. The number of amides is 1. The molecular weight excluding hydrogens is 436 g/mol. The topological polar surface area (TPSA) is 124 Å². The Balaban J connectivity index is 1.23. The van der Waals surface area contributed by atoms with Crippen LogP contribution in [-0.2, 0) is 23.3 Å². The molecule has 172 valence electrons. The van der Waals surface area contributed by atoms with Crippen molar-refractivity contribution in [1.29, 1.82) is 0 Å². The molecule has 5 heterocycles. The Morgan fingerprint density at radius 3 is 2.74 bits per heavy atom. The van der Waals surface area contributed by atoms with Gasteiger partial charge in [0, 0.05) is 18.0 Å². The molecule has 2 aliphatic rings. The summed E-state index contributed by atoms with van der Waals surface area (Å²) in [6.45, 7) is 3.79. The number of nitrogens with zero attached hydrogens (tertiary/aromatic N) is 8. The van der Waals surface area contributed by atoms with Gasteiger partial charge in [-0.1, -0.05) is 16.5 Å².